The predicted octanol–water partition coefficient (Wildman–Crippen LogP) is 4.14. The zero-order valence-corrected chi connectivity index (χ0v) is 20.3. The van der Waals surface area contributed by atoms with Crippen LogP contribution in [0.1, 0.15) is 67.3 Å². The molecule has 4 fully saturated rings. The van der Waals surface area contributed by atoms with Crippen LogP contribution in [-0.2, 0) is 14.8 Å². The number of amides is 2. The third kappa shape index (κ3) is 4.02. The summed E-state index contributed by atoms with van der Waals surface area (Å²) in [6, 6.07) is 7.77. The molecule has 0 saturated heterocycles. The Morgan fingerprint density at radius 2 is 1.77 bits per heavy atom. The van der Waals surface area contributed by atoms with Gasteiger partial charge in [-0.1, -0.05) is 11.6 Å². The Morgan fingerprint density at radius 1 is 1.03 bits per heavy atom. The van der Waals surface area contributed by atoms with Gasteiger partial charge in [-0.15, -0.1) is 0 Å². The number of furan rings is 1. The molecule has 2 heterocycles. The molecular weight excluding hydrogens is 494 g/mol. The second kappa shape index (κ2) is 8.09. The number of nitrogens with zero attached hydrogens (tertiary/aromatic N) is 1. The van der Waals surface area contributed by atoms with E-state index >= 15 is 0 Å². The summed E-state index contributed by atoms with van der Waals surface area (Å²) in [6.45, 7) is 0. The molecule has 0 radical (unpaired) electrons. The molecule has 4 saturated carbocycles. The minimum atomic E-state index is -4.16. The number of aromatic nitrogens is 1. The quantitative estimate of drug-likeness (QED) is 0.502. The van der Waals surface area contributed by atoms with E-state index in [9.17, 15) is 18.0 Å². The number of carbonyl (C=O) groups excluding carboxylic acids is 2. The number of sulfonamides is 1. The lowest BCUT2D eigenvalue weighted by Crippen LogP contribution is -2.61. The van der Waals surface area contributed by atoms with Crippen molar-refractivity contribution >= 4 is 44.5 Å². The summed E-state index contributed by atoms with van der Waals surface area (Å²) in [5.41, 5.74) is 0.893. The van der Waals surface area contributed by atoms with Crippen LogP contribution in [0.15, 0.2) is 44.3 Å². The van der Waals surface area contributed by atoms with Gasteiger partial charge in [0, 0.05) is 17.0 Å². The van der Waals surface area contributed by atoms with E-state index in [0.29, 0.717) is 22.4 Å². The molecule has 0 atom stereocenters. The van der Waals surface area contributed by atoms with Gasteiger partial charge in [-0.3, -0.25) is 9.59 Å². The fourth-order valence-corrected chi connectivity index (χ4v) is 6.63. The standard InChI is InChI=1S/C24H24ClN3O6S/c25-15-3-6-18-17(9-15)27-22(34-18)14-1-4-16(5-2-14)26-21(29)19-7-8-20(33-19)35(31,32)28-23(30)24-10-13(11-24)12-24/h3,6-9,13-14,16H,1-2,4-5,10-12H2,(H,26,29)(H,28,30)/t13?,14-,16-,24?. The van der Waals surface area contributed by atoms with Crippen molar-refractivity contribution in [1.29, 1.82) is 0 Å². The van der Waals surface area contributed by atoms with E-state index in [1.807, 2.05) is 0 Å². The van der Waals surface area contributed by atoms with Crippen molar-refractivity contribution in [2.45, 2.75) is 62.0 Å². The molecule has 2 amide bonds. The van der Waals surface area contributed by atoms with Crippen LogP contribution in [0, 0.1) is 11.3 Å². The molecule has 4 aliphatic rings. The SMILES string of the molecule is O=C(N[C@H]1CC[C@H](c2nc3cc(Cl)ccc3o2)CC1)c1ccc(S(=O)(=O)NC(=O)C23CC(C2)C3)o1. The van der Waals surface area contributed by atoms with Gasteiger partial charge in [0.1, 0.15) is 5.52 Å². The number of hydrogen-bond donors (Lipinski definition) is 2. The monoisotopic (exact) mass is 517 g/mol. The molecule has 9 nitrogen and oxygen atoms in total. The highest BCUT2D eigenvalue weighted by atomic mass is 35.5. The summed E-state index contributed by atoms with van der Waals surface area (Å²) in [6.07, 6.45) is 5.24. The van der Waals surface area contributed by atoms with Crippen molar-refractivity contribution in [3.63, 3.8) is 0 Å². The molecule has 1 aromatic carbocycles. The van der Waals surface area contributed by atoms with Crippen LogP contribution in [-0.4, -0.2) is 31.3 Å². The Kier molecular flexibility index (Phi) is 5.23. The summed E-state index contributed by atoms with van der Waals surface area (Å²) in [5.74, 6) is 0.291. The van der Waals surface area contributed by atoms with Crippen molar-refractivity contribution in [3.8, 4) is 0 Å². The van der Waals surface area contributed by atoms with Gasteiger partial charge >= 0.3 is 0 Å². The fourth-order valence-electron chi connectivity index (χ4n) is 5.46. The summed E-state index contributed by atoms with van der Waals surface area (Å²) in [5, 5.41) is 3.08. The van der Waals surface area contributed by atoms with E-state index in [4.69, 9.17) is 20.4 Å². The summed E-state index contributed by atoms with van der Waals surface area (Å²) in [4.78, 5) is 29.6. The highest BCUT2D eigenvalue weighted by Gasteiger charge is 2.62. The summed E-state index contributed by atoms with van der Waals surface area (Å²) >= 11 is 6.03. The zero-order valence-electron chi connectivity index (χ0n) is 18.8. The Hall–Kier alpha value is -2.85. The molecule has 3 aromatic rings. The number of nitrogens with one attached hydrogen (secondary N) is 2. The lowest BCUT2D eigenvalue weighted by Gasteiger charge is -2.59. The minimum absolute atomic E-state index is 0.0771. The zero-order chi connectivity index (χ0) is 24.4. The smallest absolute Gasteiger partial charge is 0.297 e. The van der Waals surface area contributed by atoms with Crippen molar-refractivity contribution in [3.05, 3.63) is 47.0 Å². The number of benzene rings is 1. The fraction of sp³-hybridized carbons (Fsp3) is 0.458. The van der Waals surface area contributed by atoms with E-state index in [1.165, 1.54) is 12.1 Å². The molecule has 2 N–H and O–H groups in total. The average molecular weight is 518 g/mol. The molecule has 2 bridgehead atoms. The number of fused-ring (bicyclic) bond motifs is 1. The molecule has 184 valence electrons. The number of oxazole rings is 1. The summed E-state index contributed by atoms with van der Waals surface area (Å²) < 4.78 is 38.4. The van der Waals surface area contributed by atoms with Gasteiger partial charge < -0.3 is 14.2 Å². The van der Waals surface area contributed by atoms with Crippen molar-refractivity contribution < 1.29 is 26.8 Å². The van der Waals surface area contributed by atoms with Gasteiger partial charge in [0.25, 0.3) is 15.9 Å². The largest absolute Gasteiger partial charge is 0.440 e. The minimum Gasteiger partial charge on any atom is -0.440 e. The van der Waals surface area contributed by atoms with Gasteiger partial charge in [-0.25, -0.2) is 9.71 Å². The molecule has 11 heteroatoms. The molecule has 4 aliphatic carbocycles. The number of rotatable bonds is 6. The van der Waals surface area contributed by atoms with Crippen molar-refractivity contribution in [2.75, 3.05) is 0 Å². The number of carbonyl (C=O) groups is 2. The summed E-state index contributed by atoms with van der Waals surface area (Å²) in [7, 11) is -4.16. The Labute approximate surface area is 206 Å². The second-order valence-corrected chi connectivity index (χ2v) is 12.0. The van der Waals surface area contributed by atoms with Crippen molar-refractivity contribution in [2.24, 2.45) is 11.3 Å². The van der Waals surface area contributed by atoms with Gasteiger partial charge in [-0.05, 0) is 81.2 Å². The normalized spacial score (nSPS) is 27.6. The maximum absolute atomic E-state index is 12.7. The van der Waals surface area contributed by atoms with Crippen LogP contribution in [0.3, 0.4) is 0 Å². The Balaban J connectivity index is 1.04. The first-order chi connectivity index (χ1) is 16.7. The highest BCUT2D eigenvalue weighted by molar-refractivity contribution is 7.89. The van der Waals surface area contributed by atoms with Crippen LogP contribution in [0.2, 0.25) is 5.02 Å². The van der Waals surface area contributed by atoms with E-state index in [1.54, 1.807) is 18.2 Å². The van der Waals surface area contributed by atoms with Crippen LogP contribution in [0.25, 0.3) is 11.1 Å². The topological polar surface area (TPSA) is 132 Å². The van der Waals surface area contributed by atoms with E-state index in [0.717, 1.165) is 50.5 Å². The van der Waals surface area contributed by atoms with Crippen LogP contribution < -0.4 is 10.0 Å². The maximum Gasteiger partial charge on any atom is 0.297 e. The van der Waals surface area contributed by atoms with Gasteiger partial charge in [-0.2, -0.15) is 8.42 Å². The van der Waals surface area contributed by atoms with E-state index in [2.05, 4.69) is 15.0 Å². The molecule has 7 rings (SSSR count). The second-order valence-electron chi connectivity index (χ2n) is 10.00. The molecule has 2 aromatic heterocycles. The first kappa shape index (κ1) is 22.6. The highest BCUT2D eigenvalue weighted by Crippen LogP contribution is 2.64. The number of hydrogen-bond acceptors (Lipinski definition) is 7. The van der Waals surface area contributed by atoms with Crippen LogP contribution in [0.5, 0.6) is 0 Å². The Morgan fingerprint density at radius 3 is 2.46 bits per heavy atom. The molecule has 0 spiro atoms. The van der Waals surface area contributed by atoms with E-state index in [-0.39, 0.29) is 17.7 Å². The maximum atomic E-state index is 12.7. The molecule has 0 aliphatic heterocycles. The Bertz CT molecular complexity index is 1420. The molecule has 0 unspecified atom stereocenters. The van der Waals surface area contributed by atoms with Crippen LogP contribution >= 0.6 is 11.6 Å². The van der Waals surface area contributed by atoms with Gasteiger partial charge in [0.05, 0.1) is 5.41 Å². The molecule has 35 heavy (non-hydrogen) atoms. The average Bonchev–Trinajstić information content (AvgIpc) is 3.39. The number of halogens is 1. The third-order valence-corrected chi connectivity index (χ3v) is 9.03. The van der Waals surface area contributed by atoms with Gasteiger partial charge in [0.2, 0.25) is 11.0 Å². The lowest BCUT2D eigenvalue weighted by atomic mass is 9.44. The van der Waals surface area contributed by atoms with Gasteiger partial charge in [0.15, 0.2) is 17.2 Å². The lowest BCUT2D eigenvalue weighted by molar-refractivity contribution is -0.162. The van der Waals surface area contributed by atoms with Crippen molar-refractivity contribution in [1.82, 2.24) is 15.0 Å². The molecular formula is C24H24ClN3O6S. The predicted molar refractivity (Wildman–Crippen MR) is 125 cm³/mol. The third-order valence-electron chi connectivity index (χ3n) is 7.59. The van der Waals surface area contributed by atoms with E-state index < -0.39 is 32.3 Å². The first-order valence-electron chi connectivity index (χ1n) is 11.7. The van der Waals surface area contributed by atoms with Crippen LogP contribution in [0.4, 0.5) is 0 Å². The first-order valence-corrected chi connectivity index (χ1v) is 13.6.